The zero-order chi connectivity index (χ0) is 21.3. The number of fused-ring (bicyclic) bond motifs is 1. The van der Waals surface area contributed by atoms with Crippen LogP contribution in [0, 0.1) is 0 Å². The number of rotatable bonds is 5. The van der Waals surface area contributed by atoms with Gasteiger partial charge in [-0.25, -0.2) is 0 Å². The van der Waals surface area contributed by atoms with Crippen LogP contribution in [0.5, 0.6) is 23.0 Å². The van der Waals surface area contributed by atoms with Gasteiger partial charge < -0.3 is 24.2 Å². The van der Waals surface area contributed by atoms with Crippen molar-refractivity contribution in [3.8, 4) is 23.0 Å². The highest BCUT2D eigenvalue weighted by molar-refractivity contribution is 6.15. The van der Waals surface area contributed by atoms with Gasteiger partial charge in [-0.3, -0.25) is 4.79 Å². The van der Waals surface area contributed by atoms with Gasteiger partial charge in [0.15, 0.2) is 5.76 Å². The Hall–Kier alpha value is -2.99. The van der Waals surface area contributed by atoms with E-state index < -0.39 is 0 Å². The average Bonchev–Trinajstić information content (AvgIpc) is 3.07. The van der Waals surface area contributed by atoms with Crippen LogP contribution in [0.3, 0.4) is 0 Å². The number of carbonyl (C=O) groups is 1. The first-order valence-electron chi connectivity index (χ1n) is 10.4. The molecule has 0 spiro atoms. The number of likely N-dealkylation sites (tertiary alicyclic amines) is 1. The molecule has 0 bridgehead atoms. The molecule has 1 N–H and O–H groups in total. The van der Waals surface area contributed by atoms with Crippen molar-refractivity contribution >= 4 is 11.9 Å². The minimum absolute atomic E-state index is 0.0768. The van der Waals surface area contributed by atoms with Crippen molar-refractivity contribution in [1.29, 1.82) is 0 Å². The topological polar surface area (TPSA) is 72.3 Å². The molecule has 1 fully saturated rings. The summed E-state index contributed by atoms with van der Waals surface area (Å²) in [6, 6.07) is 8.89. The molecule has 2 atom stereocenters. The molecule has 2 aromatic rings. The molecule has 2 aliphatic rings. The minimum Gasteiger partial charge on any atom is -0.872 e. The summed E-state index contributed by atoms with van der Waals surface area (Å²) in [7, 11) is 3.15. The monoisotopic (exact) mass is 409 g/mol. The van der Waals surface area contributed by atoms with Crippen molar-refractivity contribution in [1.82, 2.24) is 0 Å². The summed E-state index contributed by atoms with van der Waals surface area (Å²) < 4.78 is 16.7. The number of hydrogen-bond donors (Lipinski definition) is 1. The molecule has 0 aromatic heterocycles. The zero-order valence-corrected chi connectivity index (χ0v) is 17.6. The number of nitrogens with one attached hydrogen (secondary N) is 1. The molecule has 6 nitrogen and oxygen atoms in total. The van der Waals surface area contributed by atoms with Gasteiger partial charge in [-0.2, -0.15) is 0 Å². The lowest BCUT2D eigenvalue weighted by Crippen LogP contribution is -3.14. The second kappa shape index (κ2) is 8.40. The van der Waals surface area contributed by atoms with Gasteiger partial charge >= 0.3 is 0 Å². The van der Waals surface area contributed by atoms with Gasteiger partial charge in [-0.05, 0) is 56.5 Å². The van der Waals surface area contributed by atoms with Crippen molar-refractivity contribution in [2.75, 3.05) is 20.8 Å². The Balaban J connectivity index is 1.69. The second-order valence-corrected chi connectivity index (χ2v) is 7.95. The van der Waals surface area contributed by atoms with Crippen molar-refractivity contribution in [3.63, 3.8) is 0 Å². The van der Waals surface area contributed by atoms with E-state index in [1.165, 1.54) is 17.4 Å². The van der Waals surface area contributed by atoms with Crippen LogP contribution in [0.15, 0.2) is 36.1 Å². The molecule has 0 saturated carbocycles. The number of quaternary nitrogens is 1. The highest BCUT2D eigenvalue weighted by atomic mass is 16.5. The first kappa shape index (κ1) is 20.3. The Kier molecular flexibility index (Phi) is 5.68. The molecular formula is C24H27NO5. The van der Waals surface area contributed by atoms with Gasteiger partial charge in [0, 0.05) is 11.1 Å². The first-order valence-corrected chi connectivity index (χ1v) is 10.4. The van der Waals surface area contributed by atoms with E-state index in [0.29, 0.717) is 46.5 Å². The molecule has 4 rings (SSSR count). The number of benzene rings is 2. The Morgan fingerprint density at radius 1 is 1.20 bits per heavy atom. The molecule has 6 heteroatoms. The van der Waals surface area contributed by atoms with Gasteiger partial charge in [0.2, 0.25) is 5.78 Å². The number of allylic oxidation sites excluding steroid dienone is 1. The van der Waals surface area contributed by atoms with Crippen LogP contribution in [0.2, 0.25) is 0 Å². The largest absolute Gasteiger partial charge is 0.872 e. The Morgan fingerprint density at radius 2 is 2.03 bits per heavy atom. The molecule has 1 saturated heterocycles. The standard InChI is InChI=1S/C24H27NO5/c1-15-6-4-5-11-25(15)14-19-20(26)9-8-18-23(27)22(30-24(18)19)13-16-12-17(28-2)7-10-21(16)29-3/h7-10,12-13,15,26H,4-6,11,14H2,1-3H3. The first-order chi connectivity index (χ1) is 14.5. The van der Waals surface area contributed by atoms with Crippen molar-refractivity contribution in [2.45, 2.75) is 38.8 Å². The van der Waals surface area contributed by atoms with E-state index >= 15 is 0 Å². The summed E-state index contributed by atoms with van der Waals surface area (Å²) in [5, 5.41) is 12.7. The lowest BCUT2D eigenvalue weighted by atomic mass is 10.0. The fourth-order valence-electron chi connectivity index (χ4n) is 4.29. The highest BCUT2D eigenvalue weighted by Crippen LogP contribution is 2.39. The predicted molar refractivity (Wildman–Crippen MR) is 111 cm³/mol. The third-order valence-corrected chi connectivity index (χ3v) is 6.11. The maximum atomic E-state index is 13.0. The summed E-state index contributed by atoms with van der Waals surface area (Å²) in [5.41, 5.74) is 1.71. The van der Waals surface area contributed by atoms with E-state index in [0.717, 1.165) is 19.4 Å². The number of ketones is 1. The maximum absolute atomic E-state index is 13.0. The minimum atomic E-state index is -0.224. The van der Waals surface area contributed by atoms with E-state index in [4.69, 9.17) is 14.2 Å². The number of carbonyl (C=O) groups excluding carboxylic acids is 1. The third-order valence-electron chi connectivity index (χ3n) is 6.11. The normalized spacial score (nSPS) is 22.0. The fraction of sp³-hybridized carbons (Fsp3) is 0.375. The highest BCUT2D eigenvalue weighted by Gasteiger charge is 2.32. The summed E-state index contributed by atoms with van der Waals surface area (Å²) in [6.45, 7) is 3.82. The number of Topliss-reactive ketones (excluding diaryl/α,β-unsaturated/α-hetero) is 1. The number of ether oxygens (including phenoxy) is 3. The lowest BCUT2D eigenvalue weighted by Gasteiger charge is -2.31. The maximum Gasteiger partial charge on any atom is 0.231 e. The van der Waals surface area contributed by atoms with E-state index in [1.54, 1.807) is 44.6 Å². The average molecular weight is 409 g/mol. The van der Waals surface area contributed by atoms with E-state index in [1.807, 2.05) is 0 Å². The van der Waals surface area contributed by atoms with Crippen LogP contribution in [0.25, 0.3) is 6.08 Å². The molecule has 2 heterocycles. The van der Waals surface area contributed by atoms with Crippen LogP contribution >= 0.6 is 0 Å². The van der Waals surface area contributed by atoms with Crippen LogP contribution in [-0.2, 0) is 6.54 Å². The molecule has 0 radical (unpaired) electrons. The van der Waals surface area contributed by atoms with E-state index in [9.17, 15) is 9.90 Å². The number of piperidine rings is 1. The zero-order valence-electron chi connectivity index (χ0n) is 17.6. The van der Waals surface area contributed by atoms with Crippen LogP contribution < -0.4 is 24.2 Å². The van der Waals surface area contributed by atoms with Crippen molar-refractivity contribution < 1.29 is 29.0 Å². The molecule has 0 aliphatic carbocycles. The summed E-state index contributed by atoms with van der Waals surface area (Å²) in [6.07, 6.45) is 5.18. The van der Waals surface area contributed by atoms with E-state index in [2.05, 4.69) is 6.92 Å². The van der Waals surface area contributed by atoms with Crippen LogP contribution in [-0.4, -0.2) is 32.6 Å². The van der Waals surface area contributed by atoms with Crippen LogP contribution in [0.1, 0.15) is 47.7 Å². The second-order valence-electron chi connectivity index (χ2n) is 7.95. The smallest absolute Gasteiger partial charge is 0.231 e. The lowest BCUT2D eigenvalue weighted by molar-refractivity contribution is -0.942. The summed E-state index contributed by atoms with van der Waals surface area (Å²) in [5.74, 6) is 1.55. The summed E-state index contributed by atoms with van der Waals surface area (Å²) in [4.78, 5) is 14.4. The van der Waals surface area contributed by atoms with Gasteiger partial charge in [0.25, 0.3) is 0 Å². The third kappa shape index (κ3) is 3.75. The van der Waals surface area contributed by atoms with Gasteiger partial charge in [-0.15, -0.1) is 0 Å². The SMILES string of the molecule is COc1ccc(OC)c(C=C2Oc3c(ccc([O-])c3C[NH+]3CCCCC3C)C2=O)c1. The summed E-state index contributed by atoms with van der Waals surface area (Å²) >= 11 is 0. The predicted octanol–water partition coefficient (Wildman–Crippen LogP) is 2.35. The molecule has 2 unspecified atom stereocenters. The number of methoxy groups -OCH3 is 2. The molecule has 2 aliphatic heterocycles. The molecule has 0 amide bonds. The molecule has 2 aromatic carbocycles. The van der Waals surface area contributed by atoms with E-state index in [-0.39, 0.29) is 17.3 Å². The Morgan fingerprint density at radius 3 is 2.77 bits per heavy atom. The van der Waals surface area contributed by atoms with Gasteiger partial charge in [0.1, 0.15) is 23.8 Å². The van der Waals surface area contributed by atoms with Crippen molar-refractivity contribution in [3.05, 3.63) is 52.8 Å². The fourth-order valence-corrected chi connectivity index (χ4v) is 4.29. The quantitative estimate of drug-likeness (QED) is 0.768. The molecule has 158 valence electrons. The number of hydrogen-bond acceptors (Lipinski definition) is 5. The molecular weight excluding hydrogens is 382 g/mol. The van der Waals surface area contributed by atoms with Crippen LogP contribution in [0.4, 0.5) is 0 Å². The van der Waals surface area contributed by atoms with Crippen molar-refractivity contribution in [2.24, 2.45) is 0 Å². The van der Waals surface area contributed by atoms with Gasteiger partial charge in [-0.1, -0.05) is 11.8 Å². The Labute approximate surface area is 176 Å². The Bertz CT molecular complexity index is 997. The van der Waals surface area contributed by atoms with Gasteiger partial charge in [0.05, 0.1) is 32.4 Å². The molecule has 30 heavy (non-hydrogen) atoms.